The van der Waals surface area contributed by atoms with Crippen molar-refractivity contribution in [2.24, 2.45) is 11.8 Å². The van der Waals surface area contributed by atoms with Crippen molar-refractivity contribution >= 4 is 11.6 Å². The van der Waals surface area contributed by atoms with Gasteiger partial charge in [0.15, 0.2) is 0 Å². The van der Waals surface area contributed by atoms with Crippen molar-refractivity contribution in [2.75, 3.05) is 13.1 Å². The zero-order valence-corrected chi connectivity index (χ0v) is 14.5. The summed E-state index contributed by atoms with van der Waals surface area (Å²) in [6, 6.07) is 6.32. The van der Waals surface area contributed by atoms with Crippen LogP contribution in [-0.2, 0) is 4.79 Å². The maximum atomic E-state index is 12.4. The number of non-ortho nitro benzene ring substituents is 1. The molecule has 6 heteroatoms. The number of rotatable bonds is 7. The molecule has 3 atom stereocenters. The number of hydrogen-bond acceptors (Lipinski definition) is 4. The Bertz CT molecular complexity index is 570. The number of nitro benzene ring substituents is 1. The number of benzene rings is 1. The number of piperidine rings is 1. The van der Waals surface area contributed by atoms with Crippen LogP contribution in [0.1, 0.15) is 51.1 Å². The minimum Gasteiger partial charge on any atom is -0.349 e. The molecule has 0 radical (unpaired) electrons. The van der Waals surface area contributed by atoms with Gasteiger partial charge in [0, 0.05) is 18.6 Å². The fourth-order valence-electron chi connectivity index (χ4n) is 3.35. The number of nitrogens with one attached hydrogen (secondary N) is 2. The molecule has 1 amide bonds. The molecule has 2 N–H and O–H groups in total. The summed E-state index contributed by atoms with van der Waals surface area (Å²) in [6.07, 6.45) is 3.54. The number of hydrogen-bond donors (Lipinski definition) is 2. The lowest BCUT2D eigenvalue weighted by molar-refractivity contribution is -0.384. The minimum absolute atomic E-state index is 0.0198. The van der Waals surface area contributed by atoms with E-state index in [4.69, 9.17) is 0 Å². The van der Waals surface area contributed by atoms with Gasteiger partial charge < -0.3 is 10.6 Å². The van der Waals surface area contributed by atoms with E-state index >= 15 is 0 Å². The maximum absolute atomic E-state index is 12.4. The van der Waals surface area contributed by atoms with E-state index < -0.39 is 4.92 Å². The van der Waals surface area contributed by atoms with Gasteiger partial charge in [-0.15, -0.1) is 0 Å². The normalized spacial score (nSPS) is 20.2. The second kappa shape index (κ2) is 8.78. The number of carbonyl (C=O) groups excluding carboxylic acids is 1. The van der Waals surface area contributed by atoms with Crippen LogP contribution in [0.2, 0.25) is 0 Å². The molecule has 1 aliphatic rings. The Morgan fingerprint density at radius 1 is 1.50 bits per heavy atom. The predicted octanol–water partition coefficient (Wildman–Crippen LogP) is 3.19. The quantitative estimate of drug-likeness (QED) is 0.593. The van der Waals surface area contributed by atoms with E-state index in [0.717, 1.165) is 18.7 Å². The monoisotopic (exact) mass is 333 g/mol. The maximum Gasteiger partial charge on any atom is 0.269 e. The van der Waals surface area contributed by atoms with Crippen LogP contribution in [0.3, 0.4) is 0 Å². The Balaban J connectivity index is 1.95. The minimum atomic E-state index is -0.407. The molecule has 3 unspecified atom stereocenters. The SMILES string of the molecule is CCC(NC(=O)CC(C)C1CCCNC1)c1cccc([N+](=O)[O-])c1. The summed E-state index contributed by atoms with van der Waals surface area (Å²) in [5.74, 6) is 0.897. The van der Waals surface area contributed by atoms with Gasteiger partial charge in [0.25, 0.3) is 5.69 Å². The predicted molar refractivity (Wildman–Crippen MR) is 93.6 cm³/mol. The van der Waals surface area contributed by atoms with E-state index in [-0.39, 0.29) is 17.6 Å². The van der Waals surface area contributed by atoms with Gasteiger partial charge in [-0.25, -0.2) is 0 Å². The topological polar surface area (TPSA) is 84.3 Å². The zero-order chi connectivity index (χ0) is 17.5. The van der Waals surface area contributed by atoms with E-state index in [2.05, 4.69) is 17.6 Å². The molecule has 1 aromatic rings. The smallest absolute Gasteiger partial charge is 0.269 e. The van der Waals surface area contributed by atoms with Gasteiger partial charge in [-0.05, 0) is 49.8 Å². The Hall–Kier alpha value is -1.95. The summed E-state index contributed by atoms with van der Waals surface area (Å²) in [4.78, 5) is 22.9. The first-order valence-corrected chi connectivity index (χ1v) is 8.75. The zero-order valence-electron chi connectivity index (χ0n) is 14.5. The average Bonchev–Trinajstić information content (AvgIpc) is 2.60. The van der Waals surface area contributed by atoms with Crippen LogP contribution in [0.15, 0.2) is 24.3 Å². The molecule has 1 aliphatic heterocycles. The van der Waals surface area contributed by atoms with Crippen molar-refractivity contribution in [1.29, 1.82) is 0 Å². The number of amides is 1. The highest BCUT2D eigenvalue weighted by Gasteiger charge is 2.23. The van der Waals surface area contributed by atoms with E-state index in [1.807, 2.05) is 13.0 Å². The van der Waals surface area contributed by atoms with Gasteiger partial charge in [0.2, 0.25) is 5.91 Å². The van der Waals surface area contributed by atoms with Crippen LogP contribution >= 0.6 is 0 Å². The molecule has 0 aliphatic carbocycles. The molecule has 24 heavy (non-hydrogen) atoms. The molecule has 132 valence electrons. The van der Waals surface area contributed by atoms with Crippen LogP contribution in [0.5, 0.6) is 0 Å². The van der Waals surface area contributed by atoms with Crippen molar-refractivity contribution in [1.82, 2.24) is 10.6 Å². The summed E-state index contributed by atoms with van der Waals surface area (Å²) in [6.45, 7) is 6.15. The summed E-state index contributed by atoms with van der Waals surface area (Å²) >= 11 is 0. The highest BCUT2D eigenvalue weighted by Crippen LogP contribution is 2.24. The van der Waals surface area contributed by atoms with E-state index in [1.165, 1.54) is 18.9 Å². The fourth-order valence-corrected chi connectivity index (χ4v) is 3.35. The molecule has 1 heterocycles. The largest absolute Gasteiger partial charge is 0.349 e. The van der Waals surface area contributed by atoms with Crippen LogP contribution in [-0.4, -0.2) is 23.9 Å². The van der Waals surface area contributed by atoms with E-state index in [9.17, 15) is 14.9 Å². The third-order valence-corrected chi connectivity index (χ3v) is 4.87. The molecule has 0 spiro atoms. The summed E-state index contributed by atoms with van der Waals surface area (Å²) in [7, 11) is 0. The second-order valence-electron chi connectivity index (χ2n) is 6.67. The lowest BCUT2D eigenvalue weighted by Crippen LogP contribution is -2.36. The van der Waals surface area contributed by atoms with Crippen LogP contribution in [0, 0.1) is 22.0 Å². The number of carbonyl (C=O) groups is 1. The van der Waals surface area contributed by atoms with Crippen LogP contribution in [0.25, 0.3) is 0 Å². The third kappa shape index (κ3) is 5.03. The molecule has 0 bridgehead atoms. The Kier molecular flexibility index (Phi) is 6.73. The summed E-state index contributed by atoms with van der Waals surface area (Å²) < 4.78 is 0. The number of nitro groups is 1. The molecule has 1 fully saturated rings. The van der Waals surface area contributed by atoms with Crippen molar-refractivity contribution in [2.45, 2.75) is 45.6 Å². The molecular weight excluding hydrogens is 306 g/mol. The number of nitrogens with zero attached hydrogens (tertiary/aromatic N) is 1. The van der Waals surface area contributed by atoms with Crippen molar-refractivity contribution in [3.63, 3.8) is 0 Å². The lowest BCUT2D eigenvalue weighted by Gasteiger charge is -2.28. The summed E-state index contributed by atoms with van der Waals surface area (Å²) in [5.41, 5.74) is 0.842. The average molecular weight is 333 g/mol. The summed E-state index contributed by atoms with van der Waals surface area (Å²) in [5, 5.41) is 17.3. The highest BCUT2D eigenvalue weighted by atomic mass is 16.6. The molecule has 6 nitrogen and oxygen atoms in total. The molecule has 1 saturated heterocycles. The van der Waals surface area contributed by atoms with Gasteiger partial charge >= 0.3 is 0 Å². The molecule has 2 rings (SSSR count). The third-order valence-electron chi connectivity index (χ3n) is 4.87. The van der Waals surface area contributed by atoms with Gasteiger partial charge in [0.1, 0.15) is 0 Å². The molecule has 0 aromatic heterocycles. The van der Waals surface area contributed by atoms with E-state index in [0.29, 0.717) is 24.7 Å². The van der Waals surface area contributed by atoms with Gasteiger partial charge in [-0.3, -0.25) is 14.9 Å². The van der Waals surface area contributed by atoms with Gasteiger partial charge in [0.05, 0.1) is 11.0 Å². The first-order chi connectivity index (χ1) is 11.5. The Morgan fingerprint density at radius 2 is 2.29 bits per heavy atom. The first-order valence-electron chi connectivity index (χ1n) is 8.75. The standard InChI is InChI=1S/C18H27N3O3/c1-3-17(14-6-4-8-16(11-14)21(23)24)20-18(22)10-13(2)15-7-5-9-19-12-15/h4,6,8,11,13,15,17,19H,3,5,7,9-10,12H2,1-2H3,(H,20,22). The fraction of sp³-hybridized carbons (Fsp3) is 0.611. The second-order valence-corrected chi connectivity index (χ2v) is 6.67. The highest BCUT2D eigenvalue weighted by molar-refractivity contribution is 5.76. The lowest BCUT2D eigenvalue weighted by atomic mass is 9.85. The first kappa shape index (κ1) is 18.4. The molecule has 1 aromatic carbocycles. The van der Waals surface area contributed by atoms with Crippen molar-refractivity contribution in [3.8, 4) is 0 Å². The Labute approximate surface area is 143 Å². The van der Waals surface area contributed by atoms with Crippen molar-refractivity contribution in [3.05, 3.63) is 39.9 Å². The van der Waals surface area contributed by atoms with Gasteiger partial charge in [-0.1, -0.05) is 26.0 Å². The van der Waals surface area contributed by atoms with Crippen LogP contribution < -0.4 is 10.6 Å². The molecule has 0 saturated carbocycles. The van der Waals surface area contributed by atoms with E-state index in [1.54, 1.807) is 12.1 Å². The van der Waals surface area contributed by atoms with Crippen molar-refractivity contribution < 1.29 is 9.72 Å². The molecular formula is C18H27N3O3. The van der Waals surface area contributed by atoms with Crippen LogP contribution in [0.4, 0.5) is 5.69 Å². The van der Waals surface area contributed by atoms with Gasteiger partial charge in [-0.2, -0.15) is 0 Å². The Morgan fingerprint density at radius 3 is 2.92 bits per heavy atom.